The van der Waals surface area contributed by atoms with Crippen LogP contribution in [0.2, 0.25) is 0 Å². The van der Waals surface area contributed by atoms with Gasteiger partial charge in [0.1, 0.15) is 17.9 Å². The number of carbonyl (C=O) groups is 3. The third kappa shape index (κ3) is 4.57. The lowest BCUT2D eigenvalue weighted by atomic mass is 9.50. The Kier molecular flexibility index (Phi) is 7.58. The summed E-state index contributed by atoms with van der Waals surface area (Å²) in [5, 5.41) is 31.1. The molecule has 4 N–H and O–H groups in total. The molecule has 40 heavy (non-hydrogen) atoms. The Morgan fingerprint density at radius 1 is 1.25 bits per heavy atom. The van der Waals surface area contributed by atoms with E-state index in [-0.39, 0.29) is 6.04 Å². The van der Waals surface area contributed by atoms with Gasteiger partial charge in [0, 0.05) is 18.0 Å². The number of likely N-dealkylation sites (tertiary alicyclic amines) is 1. The molecule has 2 heterocycles. The van der Waals surface area contributed by atoms with Crippen LogP contribution in [0, 0.1) is 0 Å². The predicted octanol–water partition coefficient (Wildman–Crippen LogP) is 1.03. The van der Waals surface area contributed by atoms with Crippen LogP contribution in [0.3, 0.4) is 0 Å². The summed E-state index contributed by atoms with van der Waals surface area (Å²) in [6, 6.07) is 2.86. The molecule has 0 saturated carbocycles. The van der Waals surface area contributed by atoms with Crippen LogP contribution < -0.4 is 14.8 Å². The summed E-state index contributed by atoms with van der Waals surface area (Å²) >= 11 is 0. The van der Waals surface area contributed by atoms with E-state index in [1.807, 2.05) is 19.2 Å². The third-order valence-electron chi connectivity index (χ3n) is 8.11. The molecule has 14 heteroatoms. The van der Waals surface area contributed by atoms with E-state index in [0.717, 1.165) is 17.7 Å². The van der Waals surface area contributed by atoms with E-state index >= 15 is 0 Å². The predicted molar refractivity (Wildman–Crippen MR) is 131 cm³/mol. The first kappa shape index (κ1) is 29.6. The van der Waals surface area contributed by atoms with Gasteiger partial charge >= 0.3 is 18.1 Å². The Labute approximate surface area is 227 Å². The van der Waals surface area contributed by atoms with E-state index in [4.69, 9.17) is 24.1 Å². The quantitative estimate of drug-likeness (QED) is 0.376. The number of esters is 1. The summed E-state index contributed by atoms with van der Waals surface area (Å²) in [7, 11) is 3.61. The summed E-state index contributed by atoms with van der Waals surface area (Å²) in [6.07, 6.45) is -3.63. The van der Waals surface area contributed by atoms with Gasteiger partial charge in [-0.15, -0.1) is 0 Å². The number of amides is 1. The van der Waals surface area contributed by atoms with Crippen LogP contribution in [0.15, 0.2) is 24.0 Å². The highest BCUT2D eigenvalue weighted by Gasteiger charge is 2.72. The molecule has 4 aliphatic rings. The van der Waals surface area contributed by atoms with Crippen LogP contribution in [0.4, 0.5) is 13.2 Å². The molecule has 220 valence electrons. The number of nitrogens with zero attached hydrogens (tertiary/aromatic N) is 1. The summed E-state index contributed by atoms with van der Waals surface area (Å²) in [4.78, 5) is 35.7. The molecule has 2 bridgehead atoms. The smallest absolute Gasteiger partial charge is 0.490 e. The molecule has 1 saturated heterocycles. The molecule has 0 radical (unpaired) electrons. The molecule has 1 amide bonds. The van der Waals surface area contributed by atoms with Gasteiger partial charge in [0.15, 0.2) is 17.6 Å². The average Bonchev–Trinajstić information content (AvgIpc) is 3.23. The second kappa shape index (κ2) is 10.2. The SMILES string of the molecule is COc1ccc2c3c1O[C@H]1C(OC(=O)[C@H](C)NC(=O)[C@H](C)O)=CC[C@]4(O)C(C2)N(C)CC[C@]314.O=C(O)C(F)(F)F. The lowest BCUT2D eigenvalue weighted by molar-refractivity contribution is -0.192. The summed E-state index contributed by atoms with van der Waals surface area (Å²) in [5.41, 5.74) is 0.214. The zero-order chi connectivity index (χ0) is 29.8. The van der Waals surface area contributed by atoms with Gasteiger partial charge in [-0.05, 0) is 58.0 Å². The second-order valence-corrected chi connectivity index (χ2v) is 10.4. The van der Waals surface area contributed by atoms with Crippen molar-refractivity contribution >= 4 is 17.8 Å². The number of aliphatic carboxylic acids is 1. The van der Waals surface area contributed by atoms with Crippen molar-refractivity contribution in [2.45, 2.75) is 74.6 Å². The number of carboxylic acids is 1. The molecule has 2 aliphatic carbocycles. The number of nitrogens with one attached hydrogen (secondary N) is 1. The first-order valence-corrected chi connectivity index (χ1v) is 12.6. The maximum Gasteiger partial charge on any atom is 0.490 e. The molecule has 2 aliphatic heterocycles. The third-order valence-corrected chi connectivity index (χ3v) is 8.11. The van der Waals surface area contributed by atoms with E-state index in [1.54, 1.807) is 13.2 Å². The number of halogens is 3. The summed E-state index contributed by atoms with van der Waals surface area (Å²) < 4.78 is 49.5. The number of hydrogen-bond donors (Lipinski definition) is 4. The number of benzene rings is 1. The Bertz CT molecular complexity index is 1250. The molecular formula is C26H31F3N2O9. The van der Waals surface area contributed by atoms with Crippen molar-refractivity contribution in [2.24, 2.45) is 0 Å². The van der Waals surface area contributed by atoms with E-state index in [1.165, 1.54) is 13.8 Å². The highest BCUT2D eigenvalue weighted by atomic mass is 19.4. The van der Waals surface area contributed by atoms with Gasteiger partial charge in [-0.1, -0.05) is 6.07 Å². The van der Waals surface area contributed by atoms with Gasteiger partial charge in [0.2, 0.25) is 5.91 Å². The number of carboxylic acid groups (broad SMARTS) is 1. The maximum atomic E-state index is 12.8. The minimum Gasteiger partial charge on any atom is -0.493 e. The second-order valence-electron chi connectivity index (χ2n) is 10.4. The van der Waals surface area contributed by atoms with E-state index < -0.39 is 53.3 Å². The van der Waals surface area contributed by atoms with Crippen molar-refractivity contribution in [1.29, 1.82) is 0 Å². The topological polar surface area (TPSA) is 155 Å². The summed E-state index contributed by atoms with van der Waals surface area (Å²) in [6.45, 7) is 3.59. The fraction of sp³-hybridized carbons (Fsp3) is 0.577. The fourth-order valence-electron chi connectivity index (χ4n) is 6.19. The highest BCUT2D eigenvalue weighted by Crippen LogP contribution is 2.65. The normalized spacial score (nSPS) is 29.4. The monoisotopic (exact) mass is 572 g/mol. The minimum absolute atomic E-state index is 0.0954. The molecular weight excluding hydrogens is 541 g/mol. The number of likely N-dealkylation sites (N-methyl/N-ethyl adjacent to an activating group) is 1. The largest absolute Gasteiger partial charge is 0.493 e. The Balaban J connectivity index is 0.000000470. The van der Waals surface area contributed by atoms with Gasteiger partial charge in [0.25, 0.3) is 0 Å². The Hall–Kier alpha value is -3.36. The van der Waals surface area contributed by atoms with Gasteiger partial charge < -0.3 is 39.7 Å². The standard InChI is InChI=1S/C24H30N2O7.C2HF3O2/c1-12(25-21(28)13(2)27)22(29)32-16-7-8-24(30)17-11-14-5-6-15(31-4)19-18(14)23(24,20(16)33-19)9-10-26(17)3;3-2(4,5)1(6)7/h5-7,12-13,17,20,27,30H,8-11H2,1-4H3,(H,25,28);(H,6,7)/t12-,13-,17?,20-,23-,24-;/m0./s1. The zero-order valence-corrected chi connectivity index (χ0v) is 22.2. The fourth-order valence-corrected chi connectivity index (χ4v) is 6.19. The minimum atomic E-state index is -5.08. The zero-order valence-electron chi connectivity index (χ0n) is 22.2. The molecule has 1 spiro atoms. The number of aliphatic hydroxyl groups excluding tert-OH is 1. The number of rotatable bonds is 5. The number of piperidine rings is 1. The Morgan fingerprint density at radius 3 is 2.48 bits per heavy atom. The molecule has 6 atom stereocenters. The number of methoxy groups -OCH3 is 1. The van der Waals surface area contributed by atoms with Crippen LogP contribution in [-0.2, 0) is 31.0 Å². The molecule has 1 aromatic rings. The molecule has 0 aromatic heterocycles. The molecule has 1 fully saturated rings. The van der Waals surface area contributed by atoms with Crippen molar-refractivity contribution in [2.75, 3.05) is 20.7 Å². The first-order valence-electron chi connectivity index (χ1n) is 12.6. The van der Waals surface area contributed by atoms with Gasteiger partial charge in [-0.2, -0.15) is 13.2 Å². The number of alkyl halides is 3. The van der Waals surface area contributed by atoms with E-state index in [9.17, 15) is 33.0 Å². The number of ether oxygens (including phenoxy) is 3. The summed E-state index contributed by atoms with van der Waals surface area (Å²) in [5.74, 6) is -2.57. The van der Waals surface area contributed by atoms with Crippen molar-refractivity contribution in [3.8, 4) is 11.5 Å². The van der Waals surface area contributed by atoms with Crippen LogP contribution in [0.5, 0.6) is 11.5 Å². The number of carbonyl (C=O) groups excluding carboxylic acids is 2. The van der Waals surface area contributed by atoms with Crippen molar-refractivity contribution in [3.05, 3.63) is 35.1 Å². The molecule has 11 nitrogen and oxygen atoms in total. The van der Waals surface area contributed by atoms with Gasteiger partial charge in [-0.3, -0.25) is 4.79 Å². The van der Waals surface area contributed by atoms with E-state index in [0.29, 0.717) is 36.5 Å². The average molecular weight is 573 g/mol. The van der Waals surface area contributed by atoms with E-state index in [2.05, 4.69) is 10.2 Å². The maximum absolute atomic E-state index is 12.8. The number of hydrogen-bond acceptors (Lipinski definition) is 9. The van der Waals surface area contributed by atoms with Gasteiger partial charge in [-0.25, -0.2) is 9.59 Å². The van der Waals surface area contributed by atoms with Gasteiger partial charge in [0.05, 0.1) is 18.1 Å². The van der Waals surface area contributed by atoms with Crippen LogP contribution in [0.1, 0.15) is 37.8 Å². The van der Waals surface area contributed by atoms with Crippen LogP contribution in [-0.4, -0.2) is 94.8 Å². The van der Waals surface area contributed by atoms with Crippen molar-refractivity contribution in [1.82, 2.24) is 10.2 Å². The van der Waals surface area contributed by atoms with Crippen molar-refractivity contribution in [3.63, 3.8) is 0 Å². The molecule has 5 rings (SSSR count). The lowest BCUT2D eigenvalue weighted by Gasteiger charge is -2.61. The lowest BCUT2D eigenvalue weighted by Crippen LogP contribution is -2.74. The molecule has 1 aromatic carbocycles. The highest BCUT2D eigenvalue weighted by molar-refractivity contribution is 5.86. The number of aliphatic hydroxyl groups is 2. The first-order chi connectivity index (χ1) is 18.6. The Morgan fingerprint density at radius 2 is 1.90 bits per heavy atom. The van der Waals surface area contributed by atoms with Crippen molar-refractivity contribution < 1.29 is 57.1 Å². The van der Waals surface area contributed by atoms with Crippen LogP contribution >= 0.6 is 0 Å². The molecule has 1 unspecified atom stereocenters. The van der Waals surface area contributed by atoms with Crippen LogP contribution in [0.25, 0.3) is 0 Å².